The Hall–Kier alpha value is -3.16. The summed E-state index contributed by atoms with van der Waals surface area (Å²) in [7, 11) is 0. The van der Waals surface area contributed by atoms with E-state index in [0.717, 1.165) is 16.7 Å². The predicted molar refractivity (Wildman–Crippen MR) is 133 cm³/mol. The van der Waals surface area contributed by atoms with Gasteiger partial charge in [0.25, 0.3) is 0 Å². The van der Waals surface area contributed by atoms with Gasteiger partial charge >= 0.3 is 5.97 Å². The van der Waals surface area contributed by atoms with Crippen LogP contribution in [0.3, 0.4) is 0 Å². The van der Waals surface area contributed by atoms with E-state index >= 15 is 0 Å². The third kappa shape index (κ3) is 5.57. The van der Waals surface area contributed by atoms with E-state index in [1.807, 2.05) is 53.2 Å². The number of carbonyl (C=O) groups excluding carboxylic acids is 1. The highest BCUT2D eigenvalue weighted by molar-refractivity contribution is 6.34. The van der Waals surface area contributed by atoms with Crippen LogP contribution in [-0.4, -0.2) is 28.2 Å². The van der Waals surface area contributed by atoms with Gasteiger partial charge < -0.3 is 18.8 Å². The Labute approximate surface area is 213 Å². The highest BCUT2D eigenvalue weighted by atomic mass is 35.5. The molecule has 1 aromatic heterocycles. The molecule has 35 heavy (non-hydrogen) atoms. The van der Waals surface area contributed by atoms with Gasteiger partial charge in [-0.2, -0.15) is 0 Å². The van der Waals surface area contributed by atoms with Crippen molar-refractivity contribution in [3.05, 3.63) is 107 Å². The van der Waals surface area contributed by atoms with Gasteiger partial charge in [0, 0.05) is 28.0 Å². The van der Waals surface area contributed by atoms with Crippen molar-refractivity contribution >= 4 is 29.2 Å². The maximum absolute atomic E-state index is 12.6. The zero-order chi connectivity index (χ0) is 24.3. The lowest BCUT2D eigenvalue weighted by Crippen LogP contribution is -2.33. The minimum absolute atomic E-state index is 0.0118. The van der Waals surface area contributed by atoms with Crippen LogP contribution in [0.15, 0.2) is 91.5 Å². The molecule has 0 amide bonds. The van der Waals surface area contributed by atoms with Gasteiger partial charge in [-0.3, -0.25) is 4.79 Å². The molecule has 4 aromatic rings. The molecule has 1 saturated heterocycles. The molecule has 8 heteroatoms. The average molecular weight is 509 g/mol. The molecule has 1 aliphatic heterocycles. The van der Waals surface area contributed by atoms with Gasteiger partial charge in [-0.1, -0.05) is 77.8 Å². The highest BCUT2D eigenvalue weighted by Gasteiger charge is 2.44. The molecule has 0 N–H and O–H groups in total. The lowest BCUT2D eigenvalue weighted by atomic mass is 10.00. The molecule has 2 atom stereocenters. The van der Waals surface area contributed by atoms with Gasteiger partial charge in [0.05, 0.1) is 32.0 Å². The van der Waals surface area contributed by atoms with Crippen molar-refractivity contribution in [3.8, 4) is 16.9 Å². The molecule has 0 aliphatic carbocycles. The molecular formula is C27H22Cl2N2O4. The van der Waals surface area contributed by atoms with Gasteiger partial charge in [-0.25, -0.2) is 4.98 Å². The minimum atomic E-state index is -1.07. The zero-order valence-corrected chi connectivity index (χ0v) is 20.2. The number of hydrogen-bond donors (Lipinski definition) is 0. The molecule has 0 radical (unpaired) electrons. The van der Waals surface area contributed by atoms with E-state index in [0.29, 0.717) is 16.6 Å². The summed E-state index contributed by atoms with van der Waals surface area (Å²) in [5, 5.41) is 0.776. The molecule has 6 nitrogen and oxygen atoms in total. The van der Waals surface area contributed by atoms with Crippen molar-refractivity contribution in [2.75, 3.05) is 6.61 Å². The molecule has 2 heterocycles. The van der Waals surface area contributed by atoms with Crippen LogP contribution in [0, 0.1) is 0 Å². The molecule has 0 saturated carbocycles. The van der Waals surface area contributed by atoms with Crippen molar-refractivity contribution in [1.82, 2.24) is 9.55 Å². The molecular weight excluding hydrogens is 487 g/mol. The molecule has 0 unspecified atom stereocenters. The van der Waals surface area contributed by atoms with E-state index in [9.17, 15) is 4.79 Å². The molecule has 0 bridgehead atoms. The van der Waals surface area contributed by atoms with Crippen LogP contribution >= 0.6 is 23.2 Å². The Morgan fingerprint density at radius 3 is 2.43 bits per heavy atom. The Bertz CT molecular complexity index is 1280. The van der Waals surface area contributed by atoms with Crippen molar-refractivity contribution in [2.45, 2.75) is 24.9 Å². The fourth-order valence-corrected chi connectivity index (χ4v) is 4.61. The SMILES string of the molecule is O=C(C[C@H]1CO[C@](Cn2ccnc2)(c2ccc(-c3ccccc3)cc2)O1)Oc1cc(Cl)cc(Cl)c1. The lowest BCUT2D eigenvalue weighted by Gasteiger charge is -2.29. The van der Waals surface area contributed by atoms with Gasteiger partial charge in [-0.15, -0.1) is 0 Å². The standard InChI is InChI=1S/C27H22Cl2N2O4/c28-22-12-23(29)14-24(13-22)34-26(32)15-25-16-33-27(35-25,17-31-11-10-30-18-31)21-8-6-20(7-9-21)19-4-2-1-3-5-19/h1-14,18,25H,15-17H2/t25-,27-/m0/s1. The third-order valence-corrected chi connectivity index (χ3v) is 6.14. The minimum Gasteiger partial charge on any atom is -0.426 e. The van der Waals surface area contributed by atoms with Crippen LogP contribution in [0.25, 0.3) is 11.1 Å². The van der Waals surface area contributed by atoms with Crippen molar-refractivity contribution in [2.24, 2.45) is 0 Å². The Morgan fingerprint density at radius 1 is 1.03 bits per heavy atom. The number of ether oxygens (including phenoxy) is 3. The summed E-state index contributed by atoms with van der Waals surface area (Å²) in [4.78, 5) is 16.7. The van der Waals surface area contributed by atoms with Crippen molar-refractivity contribution < 1.29 is 19.0 Å². The number of aromatic nitrogens is 2. The lowest BCUT2D eigenvalue weighted by molar-refractivity contribution is -0.188. The second kappa shape index (κ2) is 10.2. The normalized spacial score (nSPS) is 19.5. The first-order valence-corrected chi connectivity index (χ1v) is 11.8. The summed E-state index contributed by atoms with van der Waals surface area (Å²) in [5.41, 5.74) is 3.06. The summed E-state index contributed by atoms with van der Waals surface area (Å²) >= 11 is 12.0. The Balaban J connectivity index is 1.33. The summed E-state index contributed by atoms with van der Waals surface area (Å²) < 4.78 is 19.9. The summed E-state index contributed by atoms with van der Waals surface area (Å²) in [6.45, 7) is 0.619. The first-order valence-electron chi connectivity index (χ1n) is 11.1. The molecule has 5 rings (SSSR count). The van der Waals surface area contributed by atoms with Crippen LogP contribution < -0.4 is 4.74 Å². The van der Waals surface area contributed by atoms with E-state index in [-0.39, 0.29) is 18.8 Å². The first kappa shape index (κ1) is 23.6. The number of esters is 1. The number of carbonyl (C=O) groups is 1. The number of rotatable bonds is 7. The van der Waals surface area contributed by atoms with Gasteiger partial charge in [0.1, 0.15) is 5.75 Å². The van der Waals surface area contributed by atoms with Gasteiger partial charge in [0.2, 0.25) is 5.79 Å². The fraction of sp³-hybridized carbons (Fsp3) is 0.185. The van der Waals surface area contributed by atoms with Crippen LogP contribution in [0.2, 0.25) is 10.0 Å². The van der Waals surface area contributed by atoms with E-state index in [1.165, 1.54) is 12.1 Å². The fourth-order valence-electron chi connectivity index (χ4n) is 4.11. The van der Waals surface area contributed by atoms with E-state index in [4.69, 9.17) is 37.4 Å². The zero-order valence-electron chi connectivity index (χ0n) is 18.6. The average Bonchev–Trinajstić information content (AvgIpc) is 3.50. The second-order valence-corrected chi connectivity index (χ2v) is 9.14. The predicted octanol–water partition coefficient (Wildman–Crippen LogP) is 6.12. The van der Waals surface area contributed by atoms with Crippen molar-refractivity contribution in [3.63, 3.8) is 0 Å². The Morgan fingerprint density at radius 2 is 1.74 bits per heavy atom. The third-order valence-electron chi connectivity index (χ3n) is 5.70. The molecule has 3 aromatic carbocycles. The van der Waals surface area contributed by atoms with Crippen LogP contribution in [-0.2, 0) is 26.6 Å². The smallest absolute Gasteiger partial charge is 0.313 e. The number of nitrogens with zero attached hydrogens (tertiary/aromatic N) is 2. The maximum Gasteiger partial charge on any atom is 0.313 e. The summed E-state index contributed by atoms with van der Waals surface area (Å²) in [6, 6.07) is 22.8. The first-order chi connectivity index (χ1) is 17.0. The molecule has 1 aliphatic rings. The van der Waals surface area contributed by atoms with Crippen molar-refractivity contribution in [1.29, 1.82) is 0 Å². The quantitative estimate of drug-likeness (QED) is 0.222. The maximum atomic E-state index is 12.6. The molecule has 0 spiro atoms. The van der Waals surface area contributed by atoms with E-state index in [1.54, 1.807) is 18.6 Å². The molecule has 178 valence electrons. The second-order valence-electron chi connectivity index (χ2n) is 8.27. The van der Waals surface area contributed by atoms with Crippen LogP contribution in [0.4, 0.5) is 0 Å². The number of benzene rings is 3. The largest absolute Gasteiger partial charge is 0.426 e. The Kier molecular flexibility index (Phi) is 6.88. The molecule has 1 fully saturated rings. The topological polar surface area (TPSA) is 62.6 Å². The van der Waals surface area contributed by atoms with Crippen LogP contribution in [0.1, 0.15) is 12.0 Å². The highest BCUT2D eigenvalue weighted by Crippen LogP contribution is 2.38. The number of imidazole rings is 1. The summed E-state index contributed by atoms with van der Waals surface area (Å²) in [6.07, 6.45) is 4.77. The van der Waals surface area contributed by atoms with Gasteiger partial charge in [0.15, 0.2) is 0 Å². The summed E-state index contributed by atoms with van der Waals surface area (Å²) in [5.74, 6) is -1.25. The van der Waals surface area contributed by atoms with E-state index < -0.39 is 17.9 Å². The number of halogens is 2. The van der Waals surface area contributed by atoms with Gasteiger partial charge in [-0.05, 0) is 29.3 Å². The monoisotopic (exact) mass is 508 g/mol. The van der Waals surface area contributed by atoms with Crippen LogP contribution in [0.5, 0.6) is 5.75 Å². The number of hydrogen-bond acceptors (Lipinski definition) is 5. The van der Waals surface area contributed by atoms with E-state index in [2.05, 4.69) is 17.1 Å².